The number of nitrogens with zero attached hydrogens (tertiary/aromatic N) is 2. The molecule has 1 aliphatic rings. The summed E-state index contributed by atoms with van der Waals surface area (Å²) in [5, 5.41) is 3.77. The van der Waals surface area contributed by atoms with Gasteiger partial charge in [0.25, 0.3) is 0 Å². The van der Waals surface area contributed by atoms with Crippen LogP contribution in [0.15, 0.2) is 36.5 Å². The summed E-state index contributed by atoms with van der Waals surface area (Å²) in [6.45, 7) is 0.394. The molecule has 3 rings (SSSR count). The predicted molar refractivity (Wildman–Crippen MR) is 89.6 cm³/mol. The molecule has 1 N–H and O–H groups in total. The van der Waals surface area contributed by atoms with Gasteiger partial charge in [-0.3, -0.25) is 9.78 Å². The summed E-state index contributed by atoms with van der Waals surface area (Å²) in [7, 11) is -3.40. The van der Waals surface area contributed by atoms with Gasteiger partial charge in [0.15, 0.2) is 0 Å². The Hall–Kier alpha value is -1.99. The molecule has 2 heterocycles. The first-order valence-corrected chi connectivity index (χ1v) is 9.43. The first-order valence-electron chi connectivity index (χ1n) is 7.58. The van der Waals surface area contributed by atoms with Crippen molar-refractivity contribution in [1.82, 2.24) is 9.29 Å². The lowest BCUT2D eigenvalue weighted by Gasteiger charge is -2.32. The van der Waals surface area contributed by atoms with Crippen LogP contribution in [0.5, 0.6) is 0 Å². The van der Waals surface area contributed by atoms with Gasteiger partial charge in [-0.05, 0) is 25.0 Å². The van der Waals surface area contributed by atoms with Gasteiger partial charge in [-0.15, -0.1) is 0 Å². The number of carbonyl (C=O) groups is 1. The van der Waals surface area contributed by atoms with E-state index in [-0.39, 0.29) is 5.91 Å². The van der Waals surface area contributed by atoms with Crippen LogP contribution in [0.25, 0.3) is 10.9 Å². The van der Waals surface area contributed by atoms with Crippen molar-refractivity contribution in [2.24, 2.45) is 0 Å². The number of amides is 1. The van der Waals surface area contributed by atoms with Gasteiger partial charge in [0.1, 0.15) is 6.04 Å². The van der Waals surface area contributed by atoms with Crippen molar-refractivity contribution >= 4 is 32.5 Å². The second-order valence-electron chi connectivity index (χ2n) is 5.76. The molecule has 0 bridgehead atoms. The van der Waals surface area contributed by atoms with E-state index in [0.29, 0.717) is 24.2 Å². The predicted octanol–water partition coefficient (Wildman–Crippen LogP) is 1.99. The molecule has 7 heteroatoms. The van der Waals surface area contributed by atoms with E-state index in [2.05, 4.69) is 10.3 Å². The Kier molecular flexibility index (Phi) is 4.32. The normalized spacial score (nSPS) is 19.6. The molecular formula is C16H19N3O3S. The van der Waals surface area contributed by atoms with Gasteiger partial charge in [-0.1, -0.05) is 24.6 Å². The maximum Gasteiger partial charge on any atom is 0.242 e. The highest BCUT2D eigenvalue weighted by Crippen LogP contribution is 2.24. The molecule has 6 nitrogen and oxygen atoms in total. The standard InChI is InChI=1S/C16H19N3O3S/c1-23(21,22)19-11-3-2-9-14(19)16(20)18-13-8-4-6-12-7-5-10-17-15(12)13/h4-8,10,14H,2-3,9,11H2,1H3,(H,18,20). The fourth-order valence-electron chi connectivity index (χ4n) is 2.99. The van der Waals surface area contributed by atoms with Crippen LogP contribution in [0.1, 0.15) is 19.3 Å². The molecule has 0 saturated carbocycles. The summed E-state index contributed by atoms with van der Waals surface area (Å²) in [5.74, 6) is -0.298. The Morgan fingerprint density at radius 2 is 2.04 bits per heavy atom. The third kappa shape index (κ3) is 3.35. The number of piperidine rings is 1. The topological polar surface area (TPSA) is 79.4 Å². The number of carbonyl (C=O) groups excluding carboxylic acids is 1. The number of rotatable bonds is 3. The monoisotopic (exact) mass is 333 g/mol. The van der Waals surface area contributed by atoms with E-state index in [9.17, 15) is 13.2 Å². The largest absolute Gasteiger partial charge is 0.323 e. The molecule has 1 atom stereocenters. The van der Waals surface area contributed by atoms with Gasteiger partial charge >= 0.3 is 0 Å². The van der Waals surface area contributed by atoms with Crippen LogP contribution in [-0.4, -0.2) is 42.5 Å². The highest BCUT2D eigenvalue weighted by atomic mass is 32.2. The molecule has 0 spiro atoms. The summed E-state index contributed by atoms with van der Waals surface area (Å²) >= 11 is 0. The summed E-state index contributed by atoms with van der Waals surface area (Å²) < 4.78 is 25.1. The van der Waals surface area contributed by atoms with E-state index >= 15 is 0 Å². The first kappa shape index (κ1) is 15.9. The molecule has 1 aromatic carbocycles. The van der Waals surface area contributed by atoms with E-state index in [1.165, 1.54) is 4.31 Å². The second-order valence-corrected chi connectivity index (χ2v) is 7.69. The van der Waals surface area contributed by atoms with E-state index in [0.717, 1.165) is 24.5 Å². The first-order chi connectivity index (χ1) is 11.0. The number of hydrogen-bond donors (Lipinski definition) is 1. The van der Waals surface area contributed by atoms with Gasteiger partial charge in [0.05, 0.1) is 17.5 Å². The van der Waals surface area contributed by atoms with Crippen LogP contribution >= 0.6 is 0 Å². The van der Waals surface area contributed by atoms with Crippen LogP contribution in [-0.2, 0) is 14.8 Å². The molecule has 0 radical (unpaired) electrons. The number of benzene rings is 1. The Labute approximate surface area is 135 Å². The van der Waals surface area contributed by atoms with Crippen LogP contribution < -0.4 is 5.32 Å². The minimum Gasteiger partial charge on any atom is -0.323 e. The highest BCUT2D eigenvalue weighted by Gasteiger charge is 2.34. The number of aromatic nitrogens is 1. The summed E-state index contributed by atoms with van der Waals surface area (Å²) in [4.78, 5) is 16.9. The molecular weight excluding hydrogens is 314 g/mol. The van der Waals surface area contributed by atoms with E-state index in [1.807, 2.05) is 24.3 Å². The number of anilines is 1. The van der Waals surface area contributed by atoms with Gasteiger partial charge in [-0.2, -0.15) is 4.31 Å². The summed E-state index contributed by atoms with van der Waals surface area (Å²) in [6.07, 6.45) is 4.99. The maximum atomic E-state index is 12.6. The zero-order valence-corrected chi connectivity index (χ0v) is 13.7. The van der Waals surface area contributed by atoms with E-state index < -0.39 is 16.1 Å². The number of nitrogens with one attached hydrogen (secondary N) is 1. The second kappa shape index (κ2) is 6.25. The quantitative estimate of drug-likeness (QED) is 0.931. The molecule has 1 saturated heterocycles. The molecule has 1 aromatic heterocycles. The van der Waals surface area contributed by atoms with Crippen molar-refractivity contribution < 1.29 is 13.2 Å². The Morgan fingerprint density at radius 3 is 2.83 bits per heavy atom. The smallest absolute Gasteiger partial charge is 0.242 e. The number of sulfonamides is 1. The zero-order chi connectivity index (χ0) is 16.4. The lowest BCUT2D eigenvalue weighted by molar-refractivity contribution is -0.120. The van der Waals surface area contributed by atoms with Crippen molar-refractivity contribution in [2.45, 2.75) is 25.3 Å². The SMILES string of the molecule is CS(=O)(=O)N1CCCCC1C(=O)Nc1cccc2cccnc12. The molecule has 2 aromatic rings. The number of pyridine rings is 1. The van der Waals surface area contributed by atoms with Crippen LogP contribution in [0.2, 0.25) is 0 Å². The van der Waals surface area contributed by atoms with Gasteiger partial charge in [-0.25, -0.2) is 8.42 Å². The molecule has 1 aliphatic heterocycles. The van der Waals surface area contributed by atoms with Gasteiger partial charge in [0.2, 0.25) is 15.9 Å². The molecule has 1 fully saturated rings. The zero-order valence-electron chi connectivity index (χ0n) is 12.9. The maximum absolute atomic E-state index is 12.6. The Morgan fingerprint density at radius 1 is 1.26 bits per heavy atom. The summed E-state index contributed by atoms with van der Waals surface area (Å²) in [5.41, 5.74) is 1.30. The number of fused-ring (bicyclic) bond motifs is 1. The minimum atomic E-state index is -3.40. The fraction of sp³-hybridized carbons (Fsp3) is 0.375. The third-order valence-electron chi connectivity index (χ3n) is 4.07. The molecule has 1 amide bonds. The number of hydrogen-bond acceptors (Lipinski definition) is 4. The van der Waals surface area contributed by atoms with Crippen LogP contribution in [0, 0.1) is 0 Å². The van der Waals surface area contributed by atoms with Gasteiger partial charge < -0.3 is 5.32 Å². The molecule has 1 unspecified atom stereocenters. The van der Waals surface area contributed by atoms with Crippen LogP contribution in [0.3, 0.4) is 0 Å². The minimum absolute atomic E-state index is 0.298. The number of para-hydroxylation sites is 1. The van der Waals surface area contributed by atoms with Crippen molar-refractivity contribution in [3.8, 4) is 0 Å². The molecule has 122 valence electrons. The van der Waals surface area contributed by atoms with Gasteiger partial charge in [0, 0.05) is 18.1 Å². The van der Waals surface area contributed by atoms with Crippen molar-refractivity contribution in [1.29, 1.82) is 0 Å². The lowest BCUT2D eigenvalue weighted by Crippen LogP contribution is -2.49. The Balaban J connectivity index is 1.88. The third-order valence-corrected chi connectivity index (χ3v) is 5.36. The lowest BCUT2D eigenvalue weighted by atomic mass is 10.0. The average Bonchev–Trinajstić information content (AvgIpc) is 2.54. The van der Waals surface area contributed by atoms with E-state index in [1.54, 1.807) is 12.3 Å². The van der Waals surface area contributed by atoms with Crippen molar-refractivity contribution in [2.75, 3.05) is 18.1 Å². The van der Waals surface area contributed by atoms with Crippen molar-refractivity contribution in [3.63, 3.8) is 0 Å². The fourth-order valence-corrected chi connectivity index (χ4v) is 4.11. The molecule has 23 heavy (non-hydrogen) atoms. The molecule has 0 aliphatic carbocycles. The highest BCUT2D eigenvalue weighted by molar-refractivity contribution is 7.88. The Bertz CT molecular complexity index is 830. The average molecular weight is 333 g/mol. The van der Waals surface area contributed by atoms with E-state index in [4.69, 9.17) is 0 Å². The van der Waals surface area contributed by atoms with Crippen LogP contribution in [0.4, 0.5) is 5.69 Å². The van der Waals surface area contributed by atoms with Crippen molar-refractivity contribution in [3.05, 3.63) is 36.5 Å². The summed E-state index contributed by atoms with van der Waals surface area (Å²) in [6, 6.07) is 8.64.